The maximum Gasteiger partial charge on any atom is 0.311 e. The van der Waals surface area contributed by atoms with Crippen molar-refractivity contribution in [3.8, 4) is 11.5 Å². The van der Waals surface area contributed by atoms with Gasteiger partial charge in [-0.1, -0.05) is 39.5 Å². The van der Waals surface area contributed by atoms with E-state index in [-0.39, 0.29) is 5.97 Å². The highest BCUT2D eigenvalue weighted by Gasteiger charge is 2.21. The number of carbonyl (C=O) groups excluding carboxylic acids is 1. The Morgan fingerprint density at radius 2 is 1.24 bits per heavy atom. The largest absolute Gasteiger partial charge is 0.494 e. The number of ether oxygens (including phenoxy) is 4. The van der Waals surface area contributed by atoms with Gasteiger partial charge in [0, 0.05) is 19.6 Å². The van der Waals surface area contributed by atoms with E-state index in [0.29, 0.717) is 31.0 Å². The summed E-state index contributed by atoms with van der Waals surface area (Å²) in [6.45, 7) is 6.81. The number of unbranched alkanes of at least 4 members (excludes halogenated alkanes) is 6. The van der Waals surface area contributed by atoms with Gasteiger partial charge in [0.05, 0.1) is 18.8 Å². The Kier molecular flexibility index (Phi) is 14.9. The zero-order chi connectivity index (χ0) is 23.6. The predicted molar refractivity (Wildman–Crippen MR) is 133 cm³/mol. The molecule has 0 unspecified atom stereocenters. The number of rotatable bonds is 18. The van der Waals surface area contributed by atoms with Crippen LogP contribution in [0, 0.1) is 0 Å². The van der Waals surface area contributed by atoms with Crippen LogP contribution in [-0.2, 0) is 14.3 Å². The van der Waals surface area contributed by atoms with Gasteiger partial charge in [0.15, 0.2) is 0 Å². The smallest absolute Gasteiger partial charge is 0.311 e. The van der Waals surface area contributed by atoms with Gasteiger partial charge in [-0.05, 0) is 82.1 Å². The maximum absolute atomic E-state index is 11.8. The lowest BCUT2D eigenvalue weighted by molar-refractivity contribution is -0.134. The van der Waals surface area contributed by atoms with Crippen LogP contribution in [0.15, 0.2) is 24.3 Å². The molecule has 1 aliphatic rings. The van der Waals surface area contributed by atoms with E-state index in [1.165, 1.54) is 19.3 Å². The standard InChI is InChI=1S/C28H46O5/c1-3-5-9-12-28(29)33-27-19-17-26(18-20-27)32-23-11-8-7-10-22-31-25-15-13-24(14-16-25)30-21-6-4-2/h17-20,24-25H,3-16,21-23H2,1-2H3. The first-order valence-electron chi connectivity index (χ1n) is 13.4. The van der Waals surface area contributed by atoms with Crippen LogP contribution in [0.5, 0.6) is 11.5 Å². The summed E-state index contributed by atoms with van der Waals surface area (Å²) in [6.07, 6.45) is 15.8. The summed E-state index contributed by atoms with van der Waals surface area (Å²) in [6, 6.07) is 7.34. The molecule has 0 amide bonds. The number of hydrogen-bond donors (Lipinski definition) is 0. The van der Waals surface area contributed by atoms with E-state index in [4.69, 9.17) is 18.9 Å². The molecule has 0 heterocycles. The van der Waals surface area contributed by atoms with Crippen LogP contribution in [0.1, 0.15) is 104 Å². The second-order valence-electron chi connectivity index (χ2n) is 9.16. The fourth-order valence-corrected chi connectivity index (χ4v) is 4.06. The molecule has 0 atom stereocenters. The number of esters is 1. The molecule has 1 saturated carbocycles. The summed E-state index contributed by atoms with van der Waals surface area (Å²) in [4.78, 5) is 11.8. The zero-order valence-corrected chi connectivity index (χ0v) is 21.0. The maximum atomic E-state index is 11.8. The lowest BCUT2D eigenvalue weighted by Crippen LogP contribution is -2.27. The molecule has 33 heavy (non-hydrogen) atoms. The Morgan fingerprint density at radius 3 is 1.85 bits per heavy atom. The van der Waals surface area contributed by atoms with Crippen molar-refractivity contribution in [1.82, 2.24) is 0 Å². The highest BCUT2D eigenvalue weighted by molar-refractivity contribution is 5.72. The SMILES string of the molecule is CCCCCC(=O)Oc1ccc(OCCCCCCOC2CCC(OCCCC)CC2)cc1. The summed E-state index contributed by atoms with van der Waals surface area (Å²) in [7, 11) is 0. The van der Waals surface area contributed by atoms with Gasteiger partial charge >= 0.3 is 5.97 Å². The van der Waals surface area contributed by atoms with E-state index in [9.17, 15) is 4.79 Å². The van der Waals surface area contributed by atoms with Crippen molar-refractivity contribution in [2.75, 3.05) is 19.8 Å². The van der Waals surface area contributed by atoms with E-state index in [0.717, 1.165) is 83.2 Å². The molecule has 0 bridgehead atoms. The zero-order valence-electron chi connectivity index (χ0n) is 21.0. The van der Waals surface area contributed by atoms with Crippen LogP contribution >= 0.6 is 0 Å². The van der Waals surface area contributed by atoms with E-state index in [2.05, 4.69) is 13.8 Å². The monoisotopic (exact) mass is 462 g/mol. The summed E-state index contributed by atoms with van der Waals surface area (Å²) >= 11 is 0. The average molecular weight is 463 g/mol. The Labute approximate surface area is 201 Å². The molecular weight excluding hydrogens is 416 g/mol. The van der Waals surface area contributed by atoms with Gasteiger partial charge < -0.3 is 18.9 Å². The Bertz CT molecular complexity index is 607. The van der Waals surface area contributed by atoms with Crippen LogP contribution in [-0.4, -0.2) is 38.0 Å². The van der Waals surface area contributed by atoms with E-state index in [1.807, 2.05) is 12.1 Å². The molecule has 2 rings (SSSR count). The third-order valence-corrected chi connectivity index (χ3v) is 6.17. The minimum Gasteiger partial charge on any atom is -0.494 e. The Balaban J connectivity index is 1.43. The average Bonchev–Trinajstić information content (AvgIpc) is 2.83. The van der Waals surface area contributed by atoms with Crippen LogP contribution in [0.2, 0.25) is 0 Å². The summed E-state index contributed by atoms with van der Waals surface area (Å²) < 4.78 is 23.2. The summed E-state index contributed by atoms with van der Waals surface area (Å²) in [5.41, 5.74) is 0. The lowest BCUT2D eigenvalue weighted by Gasteiger charge is -2.28. The first-order chi connectivity index (χ1) is 16.2. The molecule has 188 valence electrons. The first-order valence-corrected chi connectivity index (χ1v) is 13.4. The van der Waals surface area contributed by atoms with Gasteiger partial charge in [-0.3, -0.25) is 4.79 Å². The van der Waals surface area contributed by atoms with Gasteiger partial charge in [-0.25, -0.2) is 0 Å². The van der Waals surface area contributed by atoms with Crippen molar-refractivity contribution in [3.63, 3.8) is 0 Å². The highest BCUT2D eigenvalue weighted by atomic mass is 16.5. The van der Waals surface area contributed by atoms with Crippen molar-refractivity contribution in [2.45, 2.75) is 116 Å². The topological polar surface area (TPSA) is 54.0 Å². The molecule has 1 fully saturated rings. The van der Waals surface area contributed by atoms with Crippen molar-refractivity contribution in [1.29, 1.82) is 0 Å². The lowest BCUT2D eigenvalue weighted by atomic mass is 9.95. The minimum absolute atomic E-state index is 0.162. The van der Waals surface area contributed by atoms with Crippen molar-refractivity contribution >= 4 is 5.97 Å². The minimum atomic E-state index is -0.162. The second-order valence-corrected chi connectivity index (χ2v) is 9.16. The van der Waals surface area contributed by atoms with Gasteiger partial charge in [0.25, 0.3) is 0 Å². The third-order valence-electron chi connectivity index (χ3n) is 6.17. The van der Waals surface area contributed by atoms with Crippen LogP contribution in [0.4, 0.5) is 0 Å². The quantitative estimate of drug-likeness (QED) is 0.131. The van der Waals surface area contributed by atoms with Gasteiger partial charge in [0.1, 0.15) is 11.5 Å². The molecule has 0 aliphatic heterocycles. The van der Waals surface area contributed by atoms with E-state index >= 15 is 0 Å². The molecule has 5 heteroatoms. The van der Waals surface area contributed by atoms with E-state index in [1.54, 1.807) is 12.1 Å². The molecule has 0 saturated heterocycles. The Morgan fingerprint density at radius 1 is 0.697 bits per heavy atom. The normalized spacial score (nSPS) is 18.2. The molecule has 0 radical (unpaired) electrons. The molecule has 5 nitrogen and oxygen atoms in total. The van der Waals surface area contributed by atoms with Gasteiger partial charge in [-0.2, -0.15) is 0 Å². The predicted octanol–water partition coefficient (Wildman–Crippen LogP) is 7.26. The number of carbonyl (C=O) groups is 1. The van der Waals surface area contributed by atoms with Crippen LogP contribution in [0.3, 0.4) is 0 Å². The summed E-state index contributed by atoms with van der Waals surface area (Å²) in [5.74, 6) is 1.24. The highest BCUT2D eigenvalue weighted by Crippen LogP contribution is 2.24. The number of benzene rings is 1. The van der Waals surface area contributed by atoms with Crippen molar-refractivity contribution < 1.29 is 23.7 Å². The number of hydrogen-bond acceptors (Lipinski definition) is 5. The molecule has 1 aromatic rings. The second kappa shape index (κ2) is 17.8. The van der Waals surface area contributed by atoms with Gasteiger partial charge in [0.2, 0.25) is 0 Å². The molecular formula is C28H46O5. The van der Waals surface area contributed by atoms with Crippen molar-refractivity contribution in [3.05, 3.63) is 24.3 Å². The van der Waals surface area contributed by atoms with Crippen LogP contribution < -0.4 is 9.47 Å². The third kappa shape index (κ3) is 13.0. The van der Waals surface area contributed by atoms with E-state index < -0.39 is 0 Å². The molecule has 1 aromatic carbocycles. The van der Waals surface area contributed by atoms with Crippen LogP contribution in [0.25, 0.3) is 0 Å². The molecule has 1 aliphatic carbocycles. The molecule has 0 spiro atoms. The van der Waals surface area contributed by atoms with Crippen molar-refractivity contribution in [2.24, 2.45) is 0 Å². The fraction of sp³-hybridized carbons (Fsp3) is 0.750. The Hall–Kier alpha value is -1.59. The molecule has 0 N–H and O–H groups in total. The fourth-order valence-electron chi connectivity index (χ4n) is 4.06. The molecule has 0 aromatic heterocycles. The first kappa shape index (κ1) is 27.7. The van der Waals surface area contributed by atoms with Gasteiger partial charge in [-0.15, -0.1) is 0 Å². The summed E-state index contributed by atoms with van der Waals surface area (Å²) in [5, 5.41) is 0.